The second-order valence-corrected chi connectivity index (χ2v) is 5.05. The minimum absolute atomic E-state index is 0.221. The molecule has 1 aliphatic heterocycles. The normalized spacial score (nSPS) is 18.1. The Balaban J connectivity index is 2.21. The molecule has 0 spiro atoms. The smallest absolute Gasteiger partial charge is 0.326 e. The zero-order chi connectivity index (χ0) is 14.7. The monoisotopic (exact) mass is 276 g/mol. The van der Waals surface area contributed by atoms with Crippen molar-refractivity contribution in [3.05, 3.63) is 29.8 Å². The molecule has 5 nitrogen and oxygen atoms in total. The third kappa shape index (κ3) is 2.76. The summed E-state index contributed by atoms with van der Waals surface area (Å²) in [6.07, 6.45) is 1.28. The molecule has 108 valence electrons. The summed E-state index contributed by atoms with van der Waals surface area (Å²) in [6, 6.07) is 6.77. The quantitative estimate of drug-likeness (QED) is 0.922. The Morgan fingerprint density at radius 3 is 2.55 bits per heavy atom. The van der Waals surface area contributed by atoms with E-state index in [1.54, 1.807) is 4.90 Å². The molecule has 1 heterocycles. The van der Waals surface area contributed by atoms with Crippen LogP contribution < -0.4 is 4.90 Å². The van der Waals surface area contributed by atoms with Gasteiger partial charge in [-0.3, -0.25) is 4.90 Å². The molecule has 1 saturated heterocycles. The van der Waals surface area contributed by atoms with E-state index in [0.29, 0.717) is 19.5 Å². The third-order valence-corrected chi connectivity index (χ3v) is 3.68. The number of anilines is 1. The lowest BCUT2D eigenvalue weighted by atomic mass is 10.2. The number of carboxylic acids is 1. The highest BCUT2D eigenvalue weighted by Crippen LogP contribution is 2.23. The van der Waals surface area contributed by atoms with Crippen molar-refractivity contribution in [3.8, 4) is 0 Å². The van der Waals surface area contributed by atoms with Crippen LogP contribution in [0, 0.1) is 6.92 Å². The van der Waals surface area contributed by atoms with Crippen LogP contribution in [0.25, 0.3) is 0 Å². The zero-order valence-electron chi connectivity index (χ0n) is 11.9. The van der Waals surface area contributed by atoms with Crippen molar-refractivity contribution in [2.75, 3.05) is 18.0 Å². The van der Waals surface area contributed by atoms with Crippen molar-refractivity contribution in [3.63, 3.8) is 0 Å². The fraction of sp³-hybridized carbons (Fsp3) is 0.467. The van der Waals surface area contributed by atoms with Gasteiger partial charge in [0.05, 0.1) is 0 Å². The molecular formula is C15H20N2O3. The van der Waals surface area contributed by atoms with E-state index in [1.807, 2.05) is 38.1 Å². The number of hydrogen-bond acceptors (Lipinski definition) is 2. The fourth-order valence-electron chi connectivity index (χ4n) is 2.56. The predicted molar refractivity (Wildman–Crippen MR) is 77.0 cm³/mol. The number of carbonyl (C=O) groups is 2. The first-order chi connectivity index (χ1) is 9.54. The molecule has 0 unspecified atom stereocenters. The molecular weight excluding hydrogens is 256 g/mol. The van der Waals surface area contributed by atoms with E-state index >= 15 is 0 Å². The van der Waals surface area contributed by atoms with E-state index in [2.05, 4.69) is 0 Å². The molecule has 2 rings (SSSR count). The molecule has 1 atom stereocenters. The van der Waals surface area contributed by atoms with Gasteiger partial charge in [-0.1, -0.05) is 17.7 Å². The highest BCUT2D eigenvalue weighted by Gasteiger charge is 2.36. The van der Waals surface area contributed by atoms with Gasteiger partial charge in [0.25, 0.3) is 0 Å². The van der Waals surface area contributed by atoms with Gasteiger partial charge in [0, 0.05) is 18.8 Å². The zero-order valence-corrected chi connectivity index (χ0v) is 11.9. The topological polar surface area (TPSA) is 60.9 Å². The van der Waals surface area contributed by atoms with Crippen LogP contribution in [0.4, 0.5) is 10.5 Å². The van der Waals surface area contributed by atoms with Gasteiger partial charge in [0.15, 0.2) is 0 Å². The molecule has 0 radical (unpaired) electrons. The maximum absolute atomic E-state index is 12.6. The number of likely N-dealkylation sites (tertiary alicyclic amines) is 1. The molecule has 0 aromatic heterocycles. The number of carbonyl (C=O) groups excluding carboxylic acids is 1. The second kappa shape index (κ2) is 5.94. The minimum atomic E-state index is -0.921. The Hall–Kier alpha value is -2.04. The van der Waals surface area contributed by atoms with Crippen molar-refractivity contribution in [2.45, 2.75) is 32.7 Å². The Morgan fingerprint density at radius 2 is 2.00 bits per heavy atom. The standard InChI is InChI=1S/C15H20N2O3/c1-3-16(12-8-6-11(2)7-9-12)15(20)17-10-4-5-13(17)14(18)19/h6-9,13H,3-5,10H2,1-2H3,(H,18,19)/t13-/m0/s1. The van der Waals surface area contributed by atoms with Gasteiger partial charge in [-0.15, -0.1) is 0 Å². The summed E-state index contributed by atoms with van der Waals surface area (Å²) in [7, 11) is 0. The van der Waals surface area contributed by atoms with E-state index in [9.17, 15) is 14.7 Å². The summed E-state index contributed by atoms with van der Waals surface area (Å²) in [5, 5.41) is 9.18. The number of aryl methyl sites for hydroxylation is 1. The summed E-state index contributed by atoms with van der Waals surface area (Å²) in [5.74, 6) is -0.921. The number of amides is 2. The van der Waals surface area contributed by atoms with Gasteiger partial charge in [-0.05, 0) is 38.8 Å². The first-order valence-electron chi connectivity index (χ1n) is 6.92. The molecule has 0 saturated carbocycles. The van der Waals surface area contributed by atoms with Crippen molar-refractivity contribution in [2.24, 2.45) is 0 Å². The minimum Gasteiger partial charge on any atom is -0.480 e. The lowest BCUT2D eigenvalue weighted by Crippen LogP contribution is -2.48. The van der Waals surface area contributed by atoms with Gasteiger partial charge >= 0.3 is 12.0 Å². The van der Waals surface area contributed by atoms with Crippen molar-refractivity contribution in [1.29, 1.82) is 0 Å². The Bertz CT molecular complexity index is 498. The average molecular weight is 276 g/mol. The molecule has 20 heavy (non-hydrogen) atoms. The van der Waals surface area contributed by atoms with Crippen LogP contribution in [0.3, 0.4) is 0 Å². The largest absolute Gasteiger partial charge is 0.480 e. The Morgan fingerprint density at radius 1 is 1.35 bits per heavy atom. The number of hydrogen-bond donors (Lipinski definition) is 1. The number of aliphatic carboxylic acids is 1. The molecule has 1 fully saturated rings. The predicted octanol–water partition coefficient (Wildman–Crippen LogP) is 2.49. The van der Waals surface area contributed by atoms with Gasteiger partial charge < -0.3 is 10.0 Å². The molecule has 0 bridgehead atoms. The first kappa shape index (κ1) is 14.4. The lowest BCUT2D eigenvalue weighted by molar-refractivity contribution is -0.141. The Kier molecular flexibility index (Phi) is 4.27. The number of nitrogens with zero attached hydrogens (tertiary/aromatic N) is 2. The van der Waals surface area contributed by atoms with E-state index in [-0.39, 0.29) is 6.03 Å². The third-order valence-electron chi connectivity index (χ3n) is 3.68. The average Bonchev–Trinajstić information content (AvgIpc) is 2.91. The van der Waals surface area contributed by atoms with Crippen LogP contribution in [0.2, 0.25) is 0 Å². The van der Waals surface area contributed by atoms with E-state index in [0.717, 1.165) is 17.7 Å². The van der Waals surface area contributed by atoms with Gasteiger partial charge in [-0.25, -0.2) is 9.59 Å². The summed E-state index contributed by atoms with van der Waals surface area (Å²) in [5.41, 5.74) is 1.93. The highest BCUT2D eigenvalue weighted by atomic mass is 16.4. The van der Waals surface area contributed by atoms with Crippen molar-refractivity contribution >= 4 is 17.7 Å². The van der Waals surface area contributed by atoms with Crippen LogP contribution in [-0.2, 0) is 4.79 Å². The Labute approximate surface area is 118 Å². The van der Waals surface area contributed by atoms with Gasteiger partial charge in [0.1, 0.15) is 6.04 Å². The van der Waals surface area contributed by atoms with E-state index < -0.39 is 12.0 Å². The SMILES string of the molecule is CCN(C(=O)N1CCC[C@H]1C(=O)O)c1ccc(C)cc1. The number of rotatable bonds is 3. The van der Waals surface area contributed by atoms with Crippen molar-refractivity contribution in [1.82, 2.24) is 4.90 Å². The van der Waals surface area contributed by atoms with Gasteiger partial charge in [-0.2, -0.15) is 0 Å². The first-order valence-corrected chi connectivity index (χ1v) is 6.92. The maximum Gasteiger partial charge on any atom is 0.326 e. The number of carboxylic acid groups (broad SMARTS) is 1. The highest BCUT2D eigenvalue weighted by molar-refractivity contribution is 5.94. The fourth-order valence-corrected chi connectivity index (χ4v) is 2.56. The molecule has 2 amide bonds. The van der Waals surface area contributed by atoms with Gasteiger partial charge in [0.2, 0.25) is 0 Å². The summed E-state index contributed by atoms with van der Waals surface area (Å²) < 4.78 is 0. The second-order valence-electron chi connectivity index (χ2n) is 5.05. The number of urea groups is 1. The van der Waals surface area contributed by atoms with Crippen LogP contribution in [0.1, 0.15) is 25.3 Å². The van der Waals surface area contributed by atoms with Crippen molar-refractivity contribution < 1.29 is 14.7 Å². The number of benzene rings is 1. The summed E-state index contributed by atoms with van der Waals surface area (Å²) in [6.45, 7) is 4.91. The summed E-state index contributed by atoms with van der Waals surface area (Å²) >= 11 is 0. The molecule has 1 N–H and O–H groups in total. The van der Waals surface area contributed by atoms with Crippen LogP contribution in [0.15, 0.2) is 24.3 Å². The van der Waals surface area contributed by atoms with E-state index in [4.69, 9.17) is 0 Å². The van der Waals surface area contributed by atoms with Crippen LogP contribution in [-0.4, -0.2) is 41.1 Å². The molecule has 1 aromatic rings. The molecule has 1 aliphatic rings. The molecule has 5 heteroatoms. The molecule has 0 aliphatic carbocycles. The molecule has 1 aromatic carbocycles. The summed E-state index contributed by atoms with van der Waals surface area (Å²) in [4.78, 5) is 26.9. The van der Waals surface area contributed by atoms with Crippen LogP contribution >= 0.6 is 0 Å². The maximum atomic E-state index is 12.6. The van der Waals surface area contributed by atoms with E-state index in [1.165, 1.54) is 4.90 Å². The van der Waals surface area contributed by atoms with Crippen LogP contribution in [0.5, 0.6) is 0 Å². The lowest BCUT2D eigenvalue weighted by Gasteiger charge is -2.29.